The second-order valence-electron chi connectivity index (χ2n) is 2.19. The smallest absolute Gasteiger partial charge is 0.123 e. The predicted molar refractivity (Wildman–Crippen MR) is 45.8 cm³/mol. The molecule has 0 spiro atoms. The van der Waals surface area contributed by atoms with E-state index in [1.165, 1.54) is 12.1 Å². The van der Waals surface area contributed by atoms with Gasteiger partial charge in [-0.3, -0.25) is 0 Å². The van der Waals surface area contributed by atoms with Crippen LogP contribution in [0.2, 0.25) is 0 Å². The average Bonchev–Trinajstić information content (AvgIpc) is 2.09. The number of halogens is 2. The zero-order valence-corrected chi connectivity index (χ0v) is 7.14. The lowest BCUT2D eigenvalue weighted by Crippen LogP contribution is -2.11. The van der Waals surface area contributed by atoms with Crippen LogP contribution in [-0.2, 0) is 0 Å². The normalized spacial score (nSPS) is 9.83. The van der Waals surface area contributed by atoms with Crippen molar-refractivity contribution in [1.29, 1.82) is 0 Å². The maximum atomic E-state index is 12.4. The molecule has 1 aromatic carbocycles. The molecule has 1 rings (SSSR count). The zero-order chi connectivity index (χ0) is 8.81. The van der Waals surface area contributed by atoms with E-state index in [4.69, 9.17) is 16.5 Å². The van der Waals surface area contributed by atoms with Crippen LogP contribution in [0.1, 0.15) is 0 Å². The summed E-state index contributed by atoms with van der Waals surface area (Å²) in [4.78, 5) is 2.42. The Bertz CT molecular complexity index is 227. The zero-order valence-electron chi connectivity index (χ0n) is 6.39. The van der Waals surface area contributed by atoms with Gasteiger partial charge in [-0.25, -0.2) is 9.23 Å². The third-order valence-electron chi connectivity index (χ3n) is 1.28. The summed E-state index contributed by atoms with van der Waals surface area (Å²) in [6.45, 7) is 1.02. The second kappa shape index (κ2) is 4.95. The van der Waals surface area contributed by atoms with Crippen molar-refractivity contribution in [3.63, 3.8) is 0 Å². The molecule has 0 aliphatic heterocycles. The molecule has 0 saturated heterocycles. The summed E-state index contributed by atoms with van der Waals surface area (Å²) in [5.74, 6) is 0.376. The van der Waals surface area contributed by atoms with E-state index in [1.54, 1.807) is 12.1 Å². The van der Waals surface area contributed by atoms with Crippen molar-refractivity contribution in [2.75, 3.05) is 13.2 Å². The molecule has 0 aliphatic carbocycles. The topological polar surface area (TPSA) is 21.3 Å². The minimum absolute atomic E-state index is 0.266. The van der Waals surface area contributed by atoms with Crippen molar-refractivity contribution in [3.05, 3.63) is 30.1 Å². The predicted octanol–water partition coefficient (Wildman–Crippen LogP) is 1.95. The fraction of sp³-hybridized carbons (Fsp3) is 0.250. The monoisotopic (exact) mass is 189 g/mol. The molecule has 66 valence electrons. The number of benzene rings is 1. The van der Waals surface area contributed by atoms with E-state index in [9.17, 15) is 4.39 Å². The summed E-state index contributed by atoms with van der Waals surface area (Å²) in [7, 11) is 0. The maximum Gasteiger partial charge on any atom is 0.123 e. The van der Waals surface area contributed by atoms with Gasteiger partial charge >= 0.3 is 0 Å². The first kappa shape index (κ1) is 9.29. The molecule has 0 amide bonds. The highest BCUT2D eigenvalue weighted by atomic mass is 35.5. The highest BCUT2D eigenvalue weighted by molar-refractivity contribution is 6.13. The lowest BCUT2D eigenvalue weighted by Gasteiger charge is -2.03. The van der Waals surface area contributed by atoms with Crippen molar-refractivity contribution < 1.29 is 9.13 Å². The first-order valence-electron chi connectivity index (χ1n) is 3.55. The van der Waals surface area contributed by atoms with Gasteiger partial charge in [0.25, 0.3) is 0 Å². The SMILES string of the molecule is Fc1ccc(OCCNCl)cc1. The Morgan fingerprint density at radius 3 is 2.58 bits per heavy atom. The average molecular weight is 190 g/mol. The van der Waals surface area contributed by atoms with Gasteiger partial charge in [0.1, 0.15) is 18.2 Å². The van der Waals surface area contributed by atoms with Gasteiger partial charge in [-0.15, -0.1) is 0 Å². The molecule has 0 heterocycles. The van der Waals surface area contributed by atoms with Crippen molar-refractivity contribution >= 4 is 11.8 Å². The van der Waals surface area contributed by atoms with Crippen LogP contribution < -0.4 is 9.57 Å². The number of nitrogens with one attached hydrogen (secondary N) is 1. The molecule has 0 atom stereocenters. The summed E-state index contributed by atoms with van der Waals surface area (Å²) < 4.78 is 17.6. The lowest BCUT2D eigenvalue weighted by atomic mass is 10.3. The molecule has 0 bridgehead atoms. The van der Waals surface area contributed by atoms with Gasteiger partial charge in [0.05, 0.1) is 0 Å². The largest absolute Gasteiger partial charge is 0.492 e. The van der Waals surface area contributed by atoms with E-state index in [0.717, 1.165) is 0 Å². The fourth-order valence-corrected chi connectivity index (χ4v) is 0.815. The Kier molecular flexibility index (Phi) is 3.84. The van der Waals surface area contributed by atoms with E-state index in [-0.39, 0.29) is 5.82 Å². The third kappa shape index (κ3) is 3.07. The van der Waals surface area contributed by atoms with Gasteiger partial charge < -0.3 is 4.74 Å². The maximum absolute atomic E-state index is 12.4. The minimum atomic E-state index is -0.266. The summed E-state index contributed by atoms with van der Waals surface area (Å²) >= 11 is 5.20. The van der Waals surface area contributed by atoms with Crippen LogP contribution >= 0.6 is 11.8 Å². The minimum Gasteiger partial charge on any atom is -0.492 e. The quantitative estimate of drug-likeness (QED) is 0.578. The van der Waals surface area contributed by atoms with Crippen molar-refractivity contribution in [2.45, 2.75) is 0 Å². The van der Waals surface area contributed by atoms with Gasteiger partial charge in [0, 0.05) is 6.54 Å². The second-order valence-corrected chi connectivity index (χ2v) is 2.45. The first-order chi connectivity index (χ1) is 5.83. The Labute approximate surface area is 75.4 Å². The number of hydrogen-bond acceptors (Lipinski definition) is 2. The number of hydrogen-bond donors (Lipinski definition) is 1. The van der Waals surface area contributed by atoms with Crippen LogP contribution in [0.4, 0.5) is 4.39 Å². The molecule has 0 unspecified atom stereocenters. The van der Waals surface area contributed by atoms with Gasteiger partial charge in [-0.2, -0.15) is 0 Å². The van der Waals surface area contributed by atoms with Crippen molar-refractivity contribution in [1.82, 2.24) is 4.84 Å². The van der Waals surface area contributed by atoms with Crippen LogP contribution in [0.3, 0.4) is 0 Å². The molecule has 1 aromatic rings. The van der Waals surface area contributed by atoms with Crippen LogP contribution in [0.25, 0.3) is 0 Å². The Morgan fingerprint density at radius 2 is 2.00 bits per heavy atom. The highest BCUT2D eigenvalue weighted by Gasteiger charge is 1.92. The lowest BCUT2D eigenvalue weighted by molar-refractivity contribution is 0.323. The summed E-state index contributed by atoms with van der Waals surface area (Å²) in [6.07, 6.45) is 0. The molecule has 0 radical (unpaired) electrons. The van der Waals surface area contributed by atoms with E-state index in [1.807, 2.05) is 0 Å². The standard InChI is InChI=1S/C8H9ClFNO/c9-11-5-6-12-8-3-1-7(10)2-4-8/h1-4,11H,5-6H2. The molecule has 12 heavy (non-hydrogen) atoms. The molecule has 2 nitrogen and oxygen atoms in total. The molecular weight excluding hydrogens is 181 g/mol. The molecule has 4 heteroatoms. The summed E-state index contributed by atoms with van der Waals surface area (Å²) in [5.41, 5.74) is 0. The van der Waals surface area contributed by atoms with E-state index in [0.29, 0.717) is 18.9 Å². The van der Waals surface area contributed by atoms with Crippen LogP contribution in [-0.4, -0.2) is 13.2 Å². The molecule has 0 saturated carbocycles. The molecule has 1 N–H and O–H groups in total. The van der Waals surface area contributed by atoms with Gasteiger partial charge in [-0.1, -0.05) is 0 Å². The third-order valence-corrected chi connectivity index (χ3v) is 1.47. The first-order valence-corrected chi connectivity index (χ1v) is 3.92. The number of ether oxygens (including phenoxy) is 1. The van der Waals surface area contributed by atoms with Crippen LogP contribution in [0, 0.1) is 5.82 Å². The Hall–Kier alpha value is -0.800. The van der Waals surface area contributed by atoms with Crippen molar-refractivity contribution in [3.8, 4) is 5.75 Å². The highest BCUT2D eigenvalue weighted by Crippen LogP contribution is 2.10. The molecule has 0 aliphatic rings. The van der Waals surface area contributed by atoms with Crippen molar-refractivity contribution in [2.24, 2.45) is 0 Å². The van der Waals surface area contributed by atoms with E-state index in [2.05, 4.69) is 4.84 Å². The van der Waals surface area contributed by atoms with E-state index < -0.39 is 0 Å². The molecule has 0 aromatic heterocycles. The van der Waals surface area contributed by atoms with Crippen LogP contribution in [0.15, 0.2) is 24.3 Å². The molecule has 0 fully saturated rings. The van der Waals surface area contributed by atoms with Gasteiger partial charge in [0.2, 0.25) is 0 Å². The summed E-state index contributed by atoms with van der Waals surface area (Å²) in [6, 6.07) is 5.85. The molecular formula is C8H9ClFNO. The summed E-state index contributed by atoms with van der Waals surface area (Å²) in [5, 5.41) is 0. The Morgan fingerprint density at radius 1 is 1.33 bits per heavy atom. The van der Waals surface area contributed by atoms with Gasteiger partial charge in [0.15, 0.2) is 0 Å². The number of rotatable bonds is 4. The van der Waals surface area contributed by atoms with E-state index >= 15 is 0 Å². The van der Waals surface area contributed by atoms with Gasteiger partial charge in [-0.05, 0) is 36.0 Å². The fourth-order valence-electron chi connectivity index (χ4n) is 0.738. The Balaban J connectivity index is 2.37. The van der Waals surface area contributed by atoms with Crippen LogP contribution in [0.5, 0.6) is 5.75 Å².